The summed E-state index contributed by atoms with van der Waals surface area (Å²) in [6.07, 6.45) is 1.22. The first-order chi connectivity index (χ1) is 6.27. The summed E-state index contributed by atoms with van der Waals surface area (Å²) in [4.78, 5) is 2.59. The van der Waals surface area contributed by atoms with Gasteiger partial charge in [0.15, 0.2) is 0 Å². The average molecular weight is 202 g/mol. The van der Waals surface area contributed by atoms with Crippen molar-refractivity contribution < 1.29 is 0 Å². The first-order valence-electron chi connectivity index (χ1n) is 5.29. The van der Waals surface area contributed by atoms with Crippen LogP contribution in [0.25, 0.3) is 0 Å². The molecule has 0 spiro atoms. The fraction of sp³-hybridized carbons (Fsp3) is 1.00. The molecule has 0 aromatic heterocycles. The van der Waals surface area contributed by atoms with Crippen LogP contribution in [0.5, 0.6) is 0 Å². The van der Waals surface area contributed by atoms with E-state index in [1.807, 2.05) is 0 Å². The zero-order valence-electron chi connectivity index (χ0n) is 8.83. The molecule has 1 aliphatic rings. The van der Waals surface area contributed by atoms with Gasteiger partial charge in [0.05, 0.1) is 0 Å². The molecule has 0 aromatic carbocycles. The van der Waals surface area contributed by atoms with E-state index in [4.69, 9.17) is 5.73 Å². The van der Waals surface area contributed by atoms with Gasteiger partial charge in [-0.2, -0.15) is 11.8 Å². The van der Waals surface area contributed by atoms with Gasteiger partial charge in [0, 0.05) is 30.6 Å². The zero-order valence-corrected chi connectivity index (χ0v) is 9.65. The molecular weight excluding hydrogens is 180 g/mol. The van der Waals surface area contributed by atoms with Crippen LogP contribution in [-0.2, 0) is 0 Å². The molecule has 2 nitrogen and oxygen atoms in total. The van der Waals surface area contributed by atoms with Gasteiger partial charge in [0.1, 0.15) is 0 Å². The predicted octanol–water partition coefficient (Wildman–Crippen LogP) is 1.41. The van der Waals surface area contributed by atoms with Crippen molar-refractivity contribution in [2.45, 2.75) is 26.3 Å². The van der Waals surface area contributed by atoms with Gasteiger partial charge in [0.2, 0.25) is 0 Å². The van der Waals surface area contributed by atoms with Crippen LogP contribution >= 0.6 is 11.8 Å². The van der Waals surface area contributed by atoms with Gasteiger partial charge in [-0.15, -0.1) is 0 Å². The second kappa shape index (κ2) is 5.89. The predicted molar refractivity (Wildman–Crippen MR) is 61.2 cm³/mol. The van der Waals surface area contributed by atoms with Gasteiger partial charge >= 0.3 is 0 Å². The van der Waals surface area contributed by atoms with Gasteiger partial charge in [-0.3, -0.25) is 4.90 Å². The summed E-state index contributed by atoms with van der Waals surface area (Å²) in [5.74, 6) is 3.29. The Labute approximate surface area is 86.2 Å². The van der Waals surface area contributed by atoms with Crippen LogP contribution < -0.4 is 5.73 Å². The first kappa shape index (κ1) is 11.3. The Morgan fingerprint density at radius 2 is 2.38 bits per heavy atom. The number of hydrogen-bond donors (Lipinski definition) is 1. The van der Waals surface area contributed by atoms with E-state index in [0.717, 1.165) is 12.6 Å². The van der Waals surface area contributed by atoms with Crippen molar-refractivity contribution in [2.75, 3.05) is 31.1 Å². The molecule has 1 saturated heterocycles. The second-order valence-corrected chi connectivity index (χ2v) is 5.08. The van der Waals surface area contributed by atoms with E-state index in [0.29, 0.717) is 5.92 Å². The lowest BCUT2D eigenvalue weighted by Gasteiger charge is -2.35. The second-order valence-electron chi connectivity index (χ2n) is 3.93. The average Bonchev–Trinajstić information content (AvgIpc) is 2.17. The molecular formula is C10H22N2S. The lowest BCUT2D eigenvalue weighted by molar-refractivity contribution is 0.195. The SMILES string of the molecule is CCC(CN)CN1CCSCC1C. The molecule has 1 rings (SSSR count). The fourth-order valence-corrected chi connectivity index (χ4v) is 2.82. The van der Waals surface area contributed by atoms with Crippen LogP contribution in [0.2, 0.25) is 0 Å². The van der Waals surface area contributed by atoms with Crippen LogP contribution in [0.1, 0.15) is 20.3 Å². The molecule has 0 saturated carbocycles. The molecule has 0 radical (unpaired) electrons. The minimum atomic E-state index is 0.700. The minimum absolute atomic E-state index is 0.700. The molecule has 1 heterocycles. The van der Waals surface area contributed by atoms with Crippen molar-refractivity contribution in [1.29, 1.82) is 0 Å². The fourth-order valence-electron chi connectivity index (χ4n) is 1.73. The largest absolute Gasteiger partial charge is 0.330 e. The highest BCUT2D eigenvalue weighted by atomic mass is 32.2. The van der Waals surface area contributed by atoms with E-state index in [2.05, 4.69) is 30.5 Å². The van der Waals surface area contributed by atoms with Gasteiger partial charge in [-0.1, -0.05) is 13.3 Å². The van der Waals surface area contributed by atoms with E-state index >= 15 is 0 Å². The van der Waals surface area contributed by atoms with Crippen LogP contribution in [0, 0.1) is 5.92 Å². The lowest BCUT2D eigenvalue weighted by atomic mass is 10.1. The van der Waals surface area contributed by atoms with Crippen molar-refractivity contribution in [3.05, 3.63) is 0 Å². The Kier molecular flexibility index (Phi) is 5.14. The van der Waals surface area contributed by atoms with Crippen molar-refractivity contribution in [3.63, 3.8) is 0 Å². The Morgan fingerprint density at radius 1 is 1.62 bits per heavy atom. The van der Waals surface area contributed by atoms with Crippen molar-refractivity contribution in [1.82, 2.24) is 4.90 Å². The number of rotatable bonds is 4. The van der Waals surface area contributed by atoms with E-state index < -0.39 is 0 Å². The van der Waals surface area contributed by atoms with Crippen molar-refractivity contribution >= 4 is 11.8 Å². The molecule has 1 aliphatic heterocycles. The highest BCUT2D eigenvalue weighted by Crippen LogP contribution is 2.17. The molecule has 3 heteroatoms. The highest BCUT2D eigenvalue weighted by Gasteiger charge is 2.20. The molecule has 1 fully saturated rings. The summed E-state index contributed by atoms with van der Waals surface area (Å²) in [5.41, 5.74) is 5.71. The number of nitrogens with two attached hydrogens (primary N) is 1. The Bertz CT molecular complexity index is 137. The minimum Gasteiger partial charge on any atom is -0.330 e. The van der Waals surface area contributed by atoms with Crippen LogP contribution in [0.15, 0.2) is 0 Å². The van der Waals surface area contributed by atoms with E-state index in [9.17, 15) is 0 Å². The molecule has 0 bridgehead atoms. The highest BCUT2D eigenvalue weighted by molar-refractivity contribution is 7.99. The van der Waals surface area contributed by atoms with Crippen molar-refractivity contribution in [2.24, 2.45) is 11.7 Å². The lowest BCUT2D eigenvalue weighted by Crippen LogP contribution is -2.44. The summed E-state index contributed by atoms with van der Waals surface area (Å²) >= 11 is 2.08. The quantitative estimate of drug-likeness (QED) is 0.747. The smallest absolute Gasteiger partial charge is 0.0158 e. The molecule has 13 heavy (non-hydrogen) atoms. The number of nitrogens with zero attached hydrogens (tertiary/aromatic N) is 1. The third kappa shape index (κ3) is 3.49. The summed E-state index contributed by atoms with van der Waals surface area (Å²) in [7, 11) is 0. The first-order valence-corrected chi connectivity index (χ1v) is 6.45. The van der Waals surface area contributed by atoms with E-state index in [-0.39, 0.29) is 0 Å². The van der Waals surface area contributed by atoms with Crippen LogP contribution in [-0.4, -0.2) is 42.1 Å². The van der Waals surface area contributed by atoms with Gasteiger partial charge in [-0.05, 0) is 19.4 Å². The molecule has 0 aliphatic carbocycles. The number of hydrogen-bond acceptors (Lipinski definition) is 3. The van der Waals surface area contributed by atoms with Gasteiger partial charge in [0.25, 0.3) is 0 Å². The van der Waals surface area contributed by atoms with Crippen molar-refractivity contribution in [3.8, 4) is 0 Å². The van der Waals surface area contributed by atoms with Gasteiger partial charge in [-0.25, -0.2) is 0 Å². The standard InChI is InChI=1S/C10H22N2S/c1-3-10(6-11)7-12-4-5-13-8-9(12)2/h9-10H,3-8,11H2,1-2H3. The maximum atomic E-state index is 5.71. The molecule has 2 atom stereocenters. The Hall–Kier alpha value is 0.270. The van der Waals surface area contributed by atoms with Crippen LogP contribution in [0.4, 0.5) is 0 Å². The summed E-state index contributed by atoms with van der Waals surface area (Å²) in [6.45, 7) is 7.86. The topological polar surface area (TPSA) is 29.3 Å². The normalized spacial score (nSPS) is 27.5. The zero-order chi connectivity index (χ0) is 9.68. The molecule has 78 valence electrons. The third-order valence-corrected chi connectivity index (χ3v) is 4.10. The maximum absolute atomic E-state index is 5.71. The molecule has 0 aromatic rings. The number of thioether (sulfide) groups is 1. The Morgan fingerprint density at radius 3 is 2.92 bits per heavy atom. The van der Waals surface area contributed by atoms with Crippen LogP contribution in [0.3, 0.4) is 0 Å². The summed E-state index contributed by atoms with van der Waals surface area (Å²) in [6, 6.07) is 0.749. The molecule has 0 amide bonds. The maximum Gasteiger partial charge on any atom is 0.0158 e. The molecule has 2 unspecified atom stereocenters. The Balaban J connectivity index is 2.32. The van der Waals surface area contributed by atoms with Gasteiger partial charge < -0.3 is 5.73 Å². The monoisotopic (exact) mass is 202 g/mol. The van der Waals surface area contributed by atoms with E-state index in [1.165, 1.54) is 31.0 Å². The molecule has 2 N–H and O–H groups in total. The third-order valence-electron chi connectivity index (χ3n) is 2.91. The van der Waals surface area contributed by atoms with E-state index in [1.54, 1.807) is 0 Å². The summed E-state index contributed by atoms with van der Waals surface area (Å²) in [5, 5.41) is 0. The summed E-state index contributed by atoms with van der Waals surface area (Å²) < 4.78 is 0.